The molecule has 0 spiro atoms. The molecular weight excluding hydrogens is 278 g/mol. The van der Waals surface area contributed by atoms with E-state index in [1.807, 2.05) is 7.05 Å². The number of hydrogen-bond acceptors (Lipinski definition) is 4. The highest BCUT2D eigenvalue weighted by atomic mass is 32.2. The maximum Gasteiger partial charge on any atom is 0.237 e. The van der Waals surface area contributed by atoms with Gasteiger partial charge in [0, 0.05) is 32.2 Å². The second kappa shape index (κ2) is 6.41. The Labute approximate surface area is 121 Å². The van der Waals surface area contributed by atoms with E-state index < -0.39 is 10.0 Å². The lowest BCUT2D eigenvalue weighted by atomic mass is 10.2. The lowest BCUT2D eigenvalue weighted by molar-refractivity contribution is -0.133. The smallest absolute Gasteiger partial charge is 0.237 e. The zero-order valence-corrected chi connectivity index (χ0v) is 13.2. The van der Waals surface area contributed by atoms with Crippen molar-refractivity contribution in [2.24, 2.45) is 0 Å². The average Bonchev–Trinajstić information content (AvgIpc) is 2.88. The highest BCUT2D eigenvalue weighted by Gasteiger charge is 2.32. The summed E-state index contributed by atoms with van der Waals surface area (Å²) in [6.45, 7) is 3.10. The first kappa shape index (κ1) is 15.7. The number of rotatable bonds is 4. The summed E-state index contributed by atoms with van der Waals surface area (Å²) < 4.78 is 25.3. The molecule has 0 bridgehead atoms. The Hall–Kier alpha value is -0.660. The molecule has 1 amide bonds. The van der Waals surface area contributed by atoms with E-state index in [4.69, 9.17) is 0 Å². The largest absolute Gasteiger partial charge is 0.339 e. The van der Waals surface area contributed by atoms with Crippen LogP contribution in [0, 0.1) is 0 Å². The van der Waals surface area contributed by atoms with E-state index in [0.29, 0.717) is 13.1 Å². The average molecular weight is 303 g/mol. The summed E-state index contributed by atoms with van der Waals surface area (Å²) in [6.07, 6.45) is 5.08. The zero-order chi connectivity index (χ0) is 14.8. The summed E-state index contributed by atoms with van der Waals surface area (Å²) >= 11 is 0. The van der Waals surface area contributed by atoms with Crippen LogP contribution in [0.3, 0.4) is 0 Å². The Morgan fingerprint density at radius 2 is 1.70 bits per heavy atom. The van der Waals surface area contributed by atoms with E-state index in [1.54, 1.807) is 4.90 Å². The third-order valence-corrected chi connectivity index (χ3v) is 5.58. The number of carbonyl (C=O) groups excluding carboxylic acids is 1. The Bertz CT molecular complexity index is 438. The SMILES string of the molecule is CN1CCN(C(=O)CN(C2CCCC2)S(C)(=O)=O)CC1. The van der Waals surface area contributed by atoms with Gasteiger partial charge < -0.3 is 9.80 Å². The van der Waals surface area contributed by atoms with Crippen molar-refractivity contribution >= 4 is 15.9 Å². The van der Waals surface area contributed by atoms with Crippen molar-refractivity contribution < 1.29 is 13.2 Å². The van der Waals surface area contributed by atoms with Crippen LogP contribution in [0.15, 0.2) is 0 Å². The number of hydrogen-bond donors (Lipinski definition) is 0. The van der Waals surface area contributed by atoms with Crippen LogP contribution in [-0.2, 0) is 14.8 Å². The molecule has 2 rings (SSSR count). The van der Waals surface area contributed by atoms with Gasteiger partial charge in [-0.25, -0.2) is 8.42 Å². The Morgan fingerprint density at radius 3 is 2.20 bits per heavy atom. The van der Waals surface area contributed by atoms with Crippen LogP contribution in [-0.4, -0.2) is 80.5 Å². The molecule has 1 saturated carbocycles. The second-order valence-corrected chi connectivity index (χ2v) is 7.87. The molecule has 1 heterocycles. The van der Waals surface area contributed by atoms with Gasteiger partial charge in [0.1, 0.15) is 0 Å². The van der Waals surface area contributed by atoms with Crippen LogP contribution in [0.5, 0.6) is 0 Å². The minimum atomic E-state index is -3.32. The number of carbonyl (C=O) groups is 1. The van der Waals surface area contributed by atoms with E-state index in [9.17, 15) is 13.2 Å². The molecule has 1 aliphatic heterocycles. The van der Waals surface area contributed by atoms with Gasteiger partial charge in [-0.3, -0.25) is 4.79 Å². The van der Waals surface area contributed by atoms with Crippen molar-refractivity contribution in [1.82, 2.24) is 14.1 Å². The van der Waals surface area contributed by atoms with E-state index in [2.05, 4.69) is 4.90 Å². The first-order valence-electron chi connectivity index (χ1n) is 7.31. The van der Waals surface area contributed by atoms with E-state index in [0.717, 1.165) is 38.8 Å². The number of amides is 1. The van der Waals surface area contributed by atoms with Crippen molar-refractivity contribution in [2.45, 2.75) is 31.7 Å². The van der Waals surface area contributed by atoms with Gasteiger partial charge in [-0.1, -0.05) is 12.8 Å². The molecule has 2 aliphatic rings. The fourth-order valence-corrected chi connectivity index (χ4v) is 4.10. The second-order valence-electron chi connectivity index (χ2n) is 5.93. The van der Waals surface area contributed by atoms with Crippen LogP contribution in [0.2, 0.25) is 0 Å². The zero-order valence-electron chi connectivity index (χ0n) is 12.4. The minimum Gasteiger partial charge on any atom is -0.339 e. The summed E-state index contributed by atoms with van der Waals surface area (Å²) in [5.41, 5.74) is 0. The monoisotopic (exact) mass is 303 g/mol. The van der Waals surface area contributed by atoms with Gasteiger partial charge in [0.2, 0.25) is 15.9 Å². The molecule has 0 aromatic carbocycles. The molecule has 1 aliphatic carbocycles. The predicted octanol–water partition coefficient (Wildman–Crippen LogP) is -0.0354. The van der Waals surface area contributed by atoms with Crippen LogP contribution in [0.25, 0.3) is 0 Å². The molecule has 0 atom stereocenters. The fourth-order valence-electron chi connectivity index (χ4n) is 3.00. The maximum absolute atomic E-state index is 12.3. The van der Waals surface area contributed by atoms with Gasteiger partial charge in [0.25, 0.3) is 0 Å². The molecule has 2 fully saturated rings. The molecule has 0 aromatic rings. The summed E-state index contributed by atoms with van der Waals surface area (Å²) in [5, 5.41) is 0. The van der Waals surface area contributed by atoms with Gasteiger partial charge in [-0.2, -0.15) is 4.31 Å². The van der Waals surface area contributed by atoms with E-state index in [-0.39, 0.29) is 18.5 Å². The summed E-state index contributed by atoms with van der Waals surface area (Å²) in [6, 6.07) is 0.0152. The van der Waals surface area contributed by atoms with Crippen molar-refractivity contribution in [2.75, 3.05) is 46.0 Å². The van der Waals surface area contributed by atoms with Crippen LogP contribution in [0.4, 0.5) is 0 Å². The van der Waals surface area contributed by atoms with Gasteiger partial charge in [0.05, 0.1) is 12.8 Å². The Morgan fingerprint density at radius 1 is 1.15 bits per heavy atom. The lowest BCUT2D eigenvalue weighted by Crippen LogP contribution is -2.52. The lowest BCUT2D eigenvalue weighted by Gasteiger charge is -2.34. The normalized spacial score (nSPS) is 22.6. The van der Waals surface area contributed by atoms with Crippen LogP contribution < -0.4 is 0 Å². The molecule has 0 N–H and O–H groups in total. The first-order chi connectivity index (χ1) is 9.38. The van der Waals surface area contributed by atoms with Crippen LogP contribution >= 0.6 is 0 Å². The van der Waals surface area contributed by atoms with E-state index >= 15 is 0 Å². The summed E-state index contributed by atoms with van der Waals surface area (Å²) in [7, 11) is -1.29. The minimum absolute atomic E-state index is 0.00716. The third kappa shape index (κ3) is 3.93. The first-order valence-corrected chi connectivity index (χ1v) is 9.16. The Balaban J connectivity index is 1.98. The van der Waals surface area contributed by atoms with Gasteiger partial charge >= 0.3 is 0 Å². The number of likely N-dealkylation sites (N-methyl/N-ethyl adjacent to an activating group) is 1. The highest BCUT2D eigenvalue weighted by molar-refractivity contribution is 7.88. The number of nitrogens with zero attached hydrogens (tertiary/aromatic N) is 3. The highest BCUT2D eigenvalue weighted by Crippen LogP contribution is 2.25. The molecule has 0 unspecified atom stereocenters. The molecule has 20 heavy (non-hydrogen) atoms. The quantitative estimate of drug-likeness (QED) is 0.731. The number of sulfonamides is 1. The third-order valence-electron chi connectivity index (χ3n) is 4.31. The fraction of sp³-hybridized carbons (Fsp3) is 0.923. The predicted molar refractivity (Wildman–Crippen MR) is 77.9 cm³/mol. The molecule has 6 nitrogen and oxygen atoms in total. The Kier molecular flexibility index (Phi) is 5.04. The molecule has 0 radical (unpaired) electrons. The topological polar surface area (TPSA) is 60.9 Å². The molecule has 1 saturated heterocycles. The van der Waals surface area contributed by atoms with Gasteiger partial charge in [-0.05, 0) is 19.9 Å². The van der Waals surface area contributed by atoms with Crippen molar-refractivity contribution in [3.63, 3.8) is 0 Å². The molecule has 116 valence electrons. The van der Waals surface area contributed by atoms with Gasteiger partial charge in [0.15, 0.2) is 0 Å². The summed E-state index contributed by atoms with van der Waals surface area (Å²) in [5.74, 6) is -0.0598. The molecule has 0 aromatic heterocycles. The van der Waals surface area contributed by atoms with Crippen molar-refractivity contribution in [1.29, 1.82) is 0 Å². The standard InChI is InChI=1S/C13H25N3O3S/c1-14-7-9-15(10-8-14)13(17)11-16(20(2,18)19)12-5-3-4-6-12/h12H,3-11H2,1-2H3. The molecular formula is C13H25N3O3S. The maximum atomic E-state index is 12.3. The number of piperazine rings is 1. The van der Waals surface area contributed by atoms with Crippen LogP contribution in [0.1, 0.15) is 25.7 Å². The van der Waals surface area contributed by atoms with Crippen molar-refractivity contribution in [3.05, 3.63) is 0 Å². The molecule has 7 heteroatoms. The van der Waals surface area contributed by atoms with Gasteiger partial charge in [-0.15, -0.1) is 0 Å². The van der Waals surface area contributed by atoms with E-state index in [1.165, 1.54) is 10.6 Å². The van der Waals surface area contributed by atoms with Crippen molar-refractivity contribution in [3.8, 4) is 0 Å². The summed E-state index contributed by atoms with van der Waals surface area (Å²) in [4.78, 5) is 16.3.